The first-order valence-electron chi connectivity index (χ1n) is 14.8. The van der Waals surface area contributed by atoms with Gasteiger partial charge < -0.3 is 9.47 Å². The minimum absolute atomic E-state index is 0.123. The van der Waals surface area contributed by atoms with Gasteiger partial charge in [0, 0.05) is 19.3 Å². The molecule has 0 heterocycles. The second-order valence-corrected chi connectivity index (χ2v) is 13.8. The molecule has 200 valence electrons. The van der Waals surface area contributed by atoms with Crippen LogP contribution in [0.4, 0.5) is 0 Å². The molecule has 4 saturated carbocycles. The lowest BCUT2D eigenvalue weighted by atomic mass is 9.42. The average Bonchev–Trinajstić information content (AvgIpc) is 3.11. The Morgan fingerprint density at radius 2 is 1.60 bits per heavy atom. The topological polar surface area (TPSA) is 52.6 Å². The van der Waals surface area contributed by atoms with E-state index in [1.165, 1.54) is 58.8 Å². The summed E-state index contributed by atoms with van der Waals surface area (Å²) < 4.78 is 12.2. The van der Waals surface area contributed by atoms with Crippen LogP contribution in [0.25, 0.3) is 0 Å². The minimum atomic E-state index is -0.667. The molecule has 4 aliphatic carbocycles. The summed E-state index contributed by atoms with van der Waals surface area (Å²) in [7, 11) is 0. The fourth-order valence-electron chi connectivity index (χ4n) is 10.1. The molecule has 0 aromatic carbocycles. The monoisotopic (exact) mass is 488 g/mol. The van der Waals surface area contributed by atoms with Crippen molar-refractivity contribution in [1.82, 2.24) is 0 Å². The smallest absolute Gasteiger partial charge is 0.303 e. The van der Waals surface area contributed by atoms with E-state index in [0.717, 1.165) is 55.8 Å². The number of hydrogen-bond acceptors (Lipinski definition) is 4. The van der Waals surface area contributed by atoms with Crippen molar-refractivity contribution >= 4 is 11.9 Å². The Labute approximate surface area is 214 Å². The van der Waals surface area contributed by atoms with Gasteiger partial charge >= 0.3 is 11.9 Å². The molecular weight excluding hydrogens is 436 g/mol. The van der Waals surface area contributed by atoms with Crippen LogP contribution >= 0.6 is 0 Å². The second kappa shape index (κ2) is 10.0. The maximum Gasteiger partial charge on any atom is 0.303 e. The van der Waals surface area contributed by atoms with Crippen LogP contribution in [0.1, 0.15) is 126 Å². The number of ether oxygens (including phenoxy) is 2. The first-order valence-corrected chi connectivity index (χ1v) is 14.8. The largest absolute Gasteiger partial charge is 0.458 e. The van der Waals surface area contributed by atoms with Gasteiger partial charge in [0.25, 0.3) is 0 Å². The van der Waals surface area contributed by atoms with E-state index < -0.39 is 5.60 Å². The molecule has 0 aliphatic heterocycles. The number of fused-ring (bicyclic) bond motifs is 5. The van der Waals surface area contributed by atoms with E-state index in [9.17, 15) is 9.59 Å². The van der Waals surface area contributed by atoms with E-state index in [2.05, 4.69) is 34.6 Å². The third-order valence-corrected chi connectivity index (χ3v) is 11.6. The van der Waals surface area contributed by atoms with Gasteiger partial charge in [0.1, 0.15) is 6.10 Å². The Bertz CT molecular complexity index is 791. The van der Waals surface area contributed by atoms with Crippen LogP contribution in [-0.4, -0.2) is 23.6 Å². The zero-order chi connectivity index (χ0) is 25.6. The Morgan fingerprint density at radius 1 is 0.857 bits per heavy atom. The molecule has 0 spiro atoms. The molecule has 0 amide bonds. The molecular formula is C31H52O4. The van der Waals surface area contributed by atoms with Gasteiger partial charge in [-0.1, -0.05) is 53.9 Å². The summed E-state index contributed by atoms with van der Waals surface area (Å²) in [6, 6.07) is 0. The number of esters is 2. The molecule has 4 nitrogen and oxygen atoms in total. The number of rotatable bonds is 7. The minimum Gasteiger partial charge on any atom is -0.458 e. The molecule has 0 N–H and O–H groups in total. The van der Waals surface area contributed by atoms with Crippen LogP contribution in [0.2, 0.25) is 0 Å². The highest BCUT2D eigenvalue weighted by Crippen LogP contribution is 2.70. The van der Waals surface area contributed by atoms with Gasteiger partial charge in [0.15, 0.2) is 5.60 Å². The van der Waals surface area contributed by atoms with Crippen LogP contribution in [-0.2, 0) is 19.1 Å². The molecule has 0 radical (unpaired) electrons. The van der Waals surface area contributed by atoms with Crippen molar-refractivity contribution in [3.8, 4) is 0 Å². The Hall–Kier alpha value is -1.06. The van der Waals surface area contributed by atoms with Crippen molar-refractivity contribution in [2.24, 2.45) is 46.3 Å². The lowest BCUT2D eigenvalue weighted by molar-refractivity contribution is -0.263. The zero-order valence-corrected chi connectivity index (χ0v) is 23.7. The van der Waals surface area contributed by atoms with Crippen LogP contribution in [0.15, 0.2) is 0 Å². The summed E-state index contributed by atoms with van der Waals surface area (Å²) in [6.45, 7) is 15.2. The Kier molecular flexibility index (Phi) is 7.72. The van der Waals surface area contributed by atoms with E-state index in [4.69, 9.17) is 9.47 Å². The van der Waals surface area contributed by atoms with E-state index >= 15 is 0 Å². The van der Waals surface area contributed by atoms with Gasteiger partial charge in [-0.2, -0.15) is 0 Å². The zero-order valence-electron chi connectivity index (χ0n) is 23.7. The summed E-state index contributed by atoms with van der Waals surface area (Å²) in [6.07, 6.45) is 13.9. The average molecular weight is 489 g/mol. The van der Waals surface area contributed by atoms with Gasteiger partial charge in [-0.25, -0.2) is 0 Å². The fourth-order valence-corrected chi connectivity index (χ4v) is 10.1. The molecule has 0 saturated heterocycles. The quantitative estimate of drug-likeness (QED) is 0.344. The molecule has 9 atom stereocenters. The maximum absolute atomic E-state index is 12.4. The van der Waals surface area contributed by atoms with Crippen LogP contribution in [0.5, 0.6) is 0 Å². The normalized spacial score (nSPS) is 43.6. The first kappa shape index (κ1) is 27.0. The highest BCUT2D eigenvalue weighted by Gasteiger charge is 2.68. The molecule has 4 fully saturated rings. The number of carbonyl (C=O) groups excluding carboxylic acids is 2. The predicted molar refractivity (Wildman–Crippen MR) is 140 cm³/mol. The maximum atomic E-state index is 12.4. The lowest BCUT2D eigenvalue weighted by Crippen LogP contribution is -2.68. The van der Waals surface area contributed by atoms with Gasteiger partial charge in [-0.15, -0.1) is 0 Å². The van der Waals surface area contributed by atoms with E-state index in [-0.39, 0.29) is 23.5 Å². The molecule has 0 aromatic heterocycles. The molecule has 0 unspecified atom stereocenters. The van der Waals surface area contributed by atoms with Crippen LogP contribution in [0.3, 0.4) is 0 Å². The van der Waals surface area contributed by atoms with Crippen molar-refractivity contribution < 1.29 is 19.1 Å². The van der Waals surface area contributed by atoms with E-state index in [1.54, 1.807) is 0 Å². The molecule has 0 bridgehead atoms. The van der Waals surface area contributed by atoms with E-state index in [1.807, 2.05) is 0 Å². The summed E-state index contributed by atoms with van der Waals surface area (Å²) in [4.78, 5) is 24.5. The third-order valence-electron chi connectivity index (χ3n) is 11.6. The molecule has 4 heteroatoms. The first-order chi connectivity index (χ1) is 16.4. The predicted octanol–water partition coefficient (Wildman–Crippen LogP) is 7.73. The van der Waals surface area contributed by atoms with Gasteiger partial charge in [0.2, 0.25) is 0 Å². The van der Waals surface area contributed by atoms with Gasteiger partial charge in [-0.3, -0.25) is 9.59 Å². The lowest BCUT2D eigenvalue weighted by Gasteiger charge is -2.65. The molecule has 35 heavy (non-hydrogen) atoms. The number of hydrogen-bond donors (Lipinski definition) is 0. The standard InChI is InChI=1S/C31H52O4/c1-20(2)10-8-11-21(3)25-13-14-26-24-15-19-31(35-23(5)33)28(34-22(4)32)12-9-17-30(31,7)27(24)16-18-29(25,26)6/h20-21,24-28H,8-19H2,1-7H3/t21-,24+,25-,26+,27+,28-,29-,30-,31-/m1/s1. The summed E-state index contributed by atoms with van der Waals surface area (Å²) in [5, 5.41) is 0. The van der Waals surface area contributed by atoms with Gasteiger partial charge in [0.05, 0.1) is 0 Å². The van der Waals surface area contributed by atoms with Crippen molar-refractivity contribution in [3.05, 3.63) is 0 Å². The molecule has 4 rings (SSSR count). The Morgan fingerprint density at radius 3 is 2.26 bits per heavy atom. The summed E-state index contributed by atoms with van der Waals surface area (Å²) in [5.41, 5.74) is -0.345. The van der Waals surface area contributed by atoms with Crippen molar-refractivity contribution in [1.29, 1.82) is 0 Å². The summed E-state index contributed by atoms with van der Waals surface area (Å²) >= 11 is 0. The molecule has 4 aliphatic rings. The van der Waals surface area contributed by atoms with Crippen molar-refractivity contribution in [3.63, 3.8) is 0 Å². The third kappa shape index (κ3) is 4.58. The van der Waals surface area contributed by atoms with Crippen LogP contribution in [0, 0.1) is 46.3 Å². The summed E-state index contributed by atoms with van der Waals surface area (Å²) in [5.74, 6) is 3.99. The van der Waals surface area contributed by atoms with Gasteiger partial charge in [-0.05, 0) is 98.7 Å². The van der Waals surface area contributed by atoms with E-state index in [0.29, 0.717) is 17.3 Å². The SMILES string of the molecule is CC(=O)O[C@@H]1CCC[C@]2(C)[C@H]3CC[C@]4(C)[C@@H]([C@H](C)CCCC(C)C)CC[C@H]4[C@@H]3CC[C@@]12OC(C)=O. The fraction of sp³-hybridized carbons (Fsp3) is 0.935. The molecule has 0 aromatic rings. The number of carbonyl (C=O) groups is 2. The highest BCUT2D eigenvalue weighted by molar-refractivity contribution is 5.68. The Balaban J connectivity index is 1.58. The van der Waals surface area contributed by atoms with Crippen molar-refractivity contribution in [2.75, 3.05) is 0 Å². The second-order valence-electron chi connectivity index (χ2n) is 13.8. The van der Waals surface area contributed by atoms with Crippen LogP contribution < -0.4 is 0 Å². The van der Waals surface area contributed by atoms with Crippen molar-refractivity contribution in [2.45, 2.75) is 137 Å². The highest BCUT2D eigenvalue weighted by atomic mass is 16.6.